The van der Waals surface area contributed by atoms with Crippen LogP contribution in [0.2, 0.25) is 0 Å². The van der Waals surface area contributed by atoms with Gasteiger partial charge in [-0.05, 0) is 115 Å². The normalized spacial score (nSPS) is 33.2. The van der Waals surface area contributed by atoms with Gasteiger partial charge in [-0.1, -0.05) is 69.7 Å². The standard InChI is InChI=1S/C31H43F/c1-2-3-4-5-22-6-8-23(9-7-22)24-10-11-26-19-27(13-12-25(26)18-24)28-14-15-30-21-31(32)17-16-29(30)20-28/h14-17,20-27H,2-13,18-19H2,1H3. The second-order valence-corrected chi connectivity index (χ2v) is 11.6. The highest BCUT2D eigenvalue weighted by molar-refractivity contribution is 5.83. The molecule has 2 aromatic rings. The van der Waals surface area contributed by atoms with E-state index in [0.717, 1.165) is 35.0 Å². The number of halogens is 1. The van der Waals surface area contributed by atoms with Crippen LogP contribution < -0.4 is 0 Å². The second kappa shape index (κ2) is 10.3. The van der Waals surface area contributed by atoms with Crippen LogP contribution >= 0.6 is 0 Å². The zero-order valence-corrected chi connectivity index (χ0v) is 20.2. The minimum Gasteiger partial charge on any atom is -0.207 e. The molecule has 0 aromatic heterocycles. The predicted molar refractivity (Wildman–Crippen MR) is 134 cm³/mol. The number of hydrogen-bond acceptors (Lipinski definition) is 0. The Bertz CT molecular complexity index is 877. The van der Waals surface area contributed by atoms with Crippen LogP contribution in [0.25, 0.3) is 10.8 Å². The third-order valence-electron chi connectivity index (χ3n) is 9.73. The van der Waals surface area contributed by atoms with Crippen molar-refractivity contribution in [2.24, 2.45) is 29.6 Å². The van der Waals surface area contributed by atoms with Crippen LogP contribution in [0.3, 0.4) is 0 Å². The average Bonchev–Trinajstić information content (AvgIpc) is 2.83. The maximum absolute atomic E-state index is 13.5. The first-order chi connectivity index (χ1) is 15.7. The maximum atomic E-state index is 13.5. The van der Waals surface area contributed by atoms with Gasteiger partial charge in [0.1, 0.15) is 5.82 Å². The third-order valence-corrected chi connectivity index (χ3v) is 9.73. The summed E-state index contributed by atoms with van der Waals surface area (Å²) in [6, 6.07) is 12.0. The van der Waals surface area contributed by atoms with E-state index < -0.39 is 0 Å². The minimum absolute atomic E-state index is 0.132. The van der Waals surface area contributed by atoms with Crippen molar-refractivity contribution in [3.05, 3.63) is 47.8 Å². The summed E-state index contributed by atoms with van der Waals surface area (Å²) in [6.45, 7) is 2.32. The molecule has 4 unspecified atom stereocenters. The van der Waals surface area contributed by atoms with E-state index in [2.05, 4.69) is 25.1 Å². The quantitative estimate of drug-likeness (QED) is 0.397. The molecule has 0 bridgehead atoms. The van der Waals surface area contributed by atoms with Gasteiger partial charge in [0.15, 0.2) is 0 Å². The first kappa shape index (κ1) is 22.4. The van der Waals surface area contributed by atoms with Gasteiger partial charge < -0.3 is 0 Å². The summed E-state index contributed by atoms with van der Waals surface area (Å²) in [5.74, 6) is 5.62. The molecule has 174 valence electrons. The second-order valence-electron chi connectivity index (χ2n) is 11.6. The molecule has 3 aliphatic carbocycles. The van der Waals surface area contributed by atoms with Gasteiger partial charge in [-0.25, -0.2) is 4.39 Å². The van der Waals surface area contributed by atoms with Crippen LogP contribution in [0.4, 0.5) is 4.39 Å². The smallest absolute Gasteiger partial charge is 0.123 e. The predicted octanol–water partition coefficient (Wildman–Crippen LogP) is 9.67. The van der Waals surface area contributed by atoms with E-state index >= 15 is 0 Å². The molecule has 0 saturated heterocycles. The molecule has 0 amide bonds. The molecule has 0 aliphatic heterocycles. The SMILES string of the molecule is CCCCCC1CCC(C2CCC3CC(c4ccc5cc(F)ccc5c4)CCC3C2)CC1. The van der Waals surface area contributed by atoms with Crippen LogP contribution in [0, 0.1) is 35.4 Å². The monoisotopic (exact) mass is 434 g/mol. The van der Waals surface area contributed by atoms with Gasteiger partial charge in [-0.2, -0.15) is 0 Å². The number of rotatable bonds is 6. The fourth-order valence-corrected chi connectivity index (χ4v) is 7.78. The Morgan fingerprint density at radius 2 is 1.34 bits per heavy atom. The molecule has 0 nitrogen and oxygen atoms in total. The molecule has 0 radical (unpaired) electrons. The Hall–Kier alpha value is -1.37. The summed E-state index contributed by atoms with van der Waals surface area (Å²) in [5.41, 5.74) is 1.49. The van der Waals surface area contributed by atoms with Crippen molar-refractivity contribution in [1.82, 2.24) is 0 Å². The molecule has 1 heteroatoms. The summed E-state index contributed by atoms with van der Waals surface area (Å²) in [5, 5.41) is 2.23. The van der Waals surface area contributed by atoms with E-state index in [0.29, 0.717) is 5.92 Å². The van der Waals surface area contributed by atoms with Gasteiger partial charge in [0, 0.05) is 0 Å². The Balaban J connectivity index is 1.13. The van der Waals surface area contributed by atoms with Crippen LogP contribution in [0.15, 0.2) is 36.4 Å². The molecule has 0 N–H and O–H groups in total. The Labute approximate surface area is 195 Å². The fraction of sp³-hybridized carbons (Fsp3) is 0.677. The molecule has 2 aromatic carbocycles. The first-order valence-corrected chi connectivity index (χ1v) is 13.9. The van der Waals surface area contributed by atoms with Gasteiger partial charge in [0.05, 0.1) is 0 Å². The lowest BCUT2D eigenvalue weighted by Gasteiger charge is -2.45. The lowest BCUT2D eigenvalue weighted by Crippen LogP contribution is -2.34. The van der Waals surface area contributed by atoms with E-state index in [9.17, 15) is 4.39 Å². The van der Waals surface area contributed by atoms with Crippen molar-refractivity contribution in [2.45, 2.75) is 103 Å². The van der Waals surface area contributed by atoms with Crippen LogP contribution in [0.5, 0.6) is 0 Å². The summed E-state index contributed by atoms with van der Waals surface area (Å²) in [7, 11) is 0. The van der Waals surface area contributed by atoms with Crippen molar-refractivity contribution < 1.29 is 4.39 Å². The van der Waals surface area contributed by atoms with Crippen LogP contribution in [0.1, 0.15) is 108 Å². The fourth-order valence-electron chi connectivity index (χ4n) is 7.78. The van der Waals surface area contributed by atoms with Crippen molar-refractivity contribution >= 4 is 10.8 Å². The van der Waals surface area contributed by atoms with Crippen molar-refractivity contribution in [3.8, 4) is 0 Å². The largest absolute Gasteiger partial charge is 0.207 e. The Morgan fingerprint density at radius 3 is 2.16 bits per heavy atom. The zero-order chi connectivity index (χ0) is 21.9. The highest BCUT2D eigenvalue weighted by Gasteiger charge is 2.39. The molecule has 0 spiro atoms. The first-order valence-electron chi connectivity index (χ1n) is 13.9. The molecule has 5 rings (SSSR count). The average molecular weight is 435 g/mol. The van der Waals surface area contributed by atoms with Gasteiger partial charge in [-0.3, -0.25) is 0 Å². The summed E-state index contributed by atoms with van der Waals surface area (Å²) in [6.07, 6.45) is 20.5. The van der Waals surface area contributed by atoms with E-state index in [-0.39, 0.29) is 5.82 Å². The highest BCUT2D eigenvalue weighted by Crippen LogP contribution is 2.51. The van der Waals surface area contributed by atoms with Crippen LogP contribution in [-0.4, -0.2) is 0 Å². The summed E-state index contributed by atoms with van der Waals surface area (Å²) < 4.78 is 13.5. The molecule has 3 fully saturated rings. The third kappa shape index (κ3) is 5.07. The van der Waals surface area contributed by atoms with Gasteiger partial charge >= 0.3 is 0 Å². The Morgan fingerprint density at radius 1 is 0.688 bits per heavy atom. The van der Waals surface area contributed by atoms with Gasteiger partial charge in [0.25, 0.3) is 0 Å². The van der Waals surface area contributed by atoms with E-state index in [1.807, 2.05) is 6.07 Å². The number of hydrogen-bond donors (Lipinski definition) is 0. The molecular formula is C31H43F. The molecule has 3 saturated carbocycles. The van der Waals surface area contributed by atoms with Crippen molar-refractivity contribution in [3.63, 3.8) is 0 Å². The molecule has 32 heavy (non-hydrogen) atoms. The lowest BCUT2D eigenvalue weighted by atomic mass is 9.60. The highest BCUT2D eigenvalue weighted by atomic mass is 19.1. The number of benzene rings is 2. The number of unbranched alkanes of at least 4 members (excludes halogenated alkanes) is 2. The van der Waals surface area contributed by atoms with Crippen molar-refractivity contribution in [1.29, 1.82) is 0 Å². The molecule has 0 heterocycles. The maximum Gasteiger partial charge on any atom is 0.123 e. The van der Waals surface area contributed by atoms with Crippen LogP contribution in [-0.2, 0) is 0 Å². The van der Waals surface area contributed by atoms with E-state index in [4.69, 9.17) is 0 Å². The lowest BCUT2D eigenvalue weighted by molar-refractivity contribution is 0.0710. The topological polar surface area (TPSA) is 0 Å². The minimum atomic E-state index is -0.132. The Kier molecular flexibility index (Phi) is 7.20. The van der Waals surface area contributed by atoms with Gasteiger partial charge in [-0.15, -0.1) is 0 Å². The molecule has 4 atom stereocenters. The van der Waals surface area contributed by atoms with Crippen molar-refractivity contribution in [2.75, 3.05) is 0 Å². The summed E-state index contributed by atoms with van der Waals surface area (Å²) in [4.78, 5) is 0. The summed E-state index contributed by atoms with van der Waals surface area (Å²) >= 11 is 0. The zero-order valence-electron chi connectivity index (χ0n) is 20.2. The number of fused-ring (bicyclic) bond motifs is 2. The molecular weight excluding hydrogens is 391 g/mol. The molecule has 3 aliphatic rings. The van der Waals surface area contributed by atoms with E-state index in [1.165, 1.54) is 101 Å². The van der Waals surface area contributed by atoms with E-state index in [1.54, 1.807) is 12.1 Å². The van der Waals surface area contributed by atoms with Gasteiger partial charge in [0.2, 0.25) is 0 Å².